The summed E-state index contributed by atoms with van der Waals surface area (Å²) in [5.41, 5.74) is 2.77. The standard InChI is InChI=1S/C30H29NO4/c1-3-9-27(32)31-30(23-16-14-21(2)15-17-23)29-25-13-8-7-10-22(25)18-19-26(29)35-28(33)20-34-24-11-5-4-6-12-24/h4-8,10-19,30H,3,9,20H2,1-2H3,(H,31,32)/t30-/m0/s1. The van der Waals surface area contributed by atoms with Gasteiger partial charge in [0.2, 0.25) is 5.91 Å². The van der Waals surface area contributed by atoms with Crippen LogP contribution in [0.1, 0.15) is 42.5 Å². The Labute approximate surface area is 205 Å². The van der Waals surface area contributed by atoms with E-state index in [1.165, 1.54) is 0 Å². The maximum atomic E-state index is 12.8. The Bertz CT molecular complexity index is 1300. The number of amides is 1. The second kappa shape index (κ2) is 11.3. The predicted molar refractivity (Wildman–Crippen MR) is 138 cm³/mol. The van der Waals surface area contributed by atoms with Crippen molar-refractivity contribution >= 4 is 22.6 Å². The normalized spacial score (nSPS) is 11.6. The molecular formula is C30H29NO4. The number of nitrogens with one attached hydrogen (secondary N) is 1. The summed E-state index contributed by atoms with van der Waals surface area (Å²) in [7, 11) is 0. The van der Waals surface area contributed by atoms with E-state index < -0.39 is 12.0 Å². The Balaban J connectivity index is 1.73. The summed E-state index contributed by atoms with van der Waals surface area (Å²) in [5, 5.41) is 5.07. The van der Waals surface area contributed by atoms with Gasteiger partial charge in [-0.1, -0.05) is 85.3 Å². The van der Waals surface area contributed by atoms with Gasteiger partial charge in [0, 0.05) is 12.0 Å². The van der Waals surface area contributed by atoms with Gasteiger partial charge in [-0.2, -0.15) is 0 Å². The first-order valence-electron chi connectivity index (χ1n) is 11.8. The molecule has 0 heterocycles. The van der Waals surface area contributed by atoms with Crippen molar-refractivity contribution in [2.75, 3.05) is 6.61 Å². The topological polar surface area (TPSA) is 64.6 Å². The van der Waals surface area contributed by atoms with Crippen molar-refractivity contribution in [3.63, 3.8) is 0 Å². The van der Waals surface area contributed by atoms with Crippen LogP contribution in [0.25, 0.3) is 10.8 Å². The maximum absolute atomic E-state index is 12.8. The van der Waals surface area contributed by atoms with Gasteiger partial charge in [-0.15, -0.1) is 0 Å². The number of esters is 1. The van der Waals surface area contributed by atoms with Crippen LogP contribution in [0.3, 0.4) is 0 Å². The molecular weight excluding hydrogens is 438 g/mol. The van der Waals surface area contributed by atoms with Crippen LogP contribution >= 0.6 is 0 Å². The number of aryl methyl sites for hydroxylation is 1. The van der Waals surface area contributed by atoms with Crippen molar-refractivity contribution in [1.82, 2.24) is 5.32 Å². The number of para-hydroxylation sites is 1. The number of hydrogen-bond acceptors (Lipinski definition) is 4. The van der Waals surface area contributed by atoms with E-state index in [0.717, 1.165) is 33.9 Å². The molecule has 5 heteroatoms. The number of ether oxygens (including phenoxy) is 2. The molecule has 0 aliphatic carbocycles. The second-order valence-electron chi connectivity index (χ2n) is 8.44. The Morgan fingerprint density at radius 2 is 1.57 bits per heavy atom. The van der Waals surface area contributed by atoms with Crippen molar-refractivity contribution in [2.24, 2.45) is 0 Å². The smallest absolute Gasteiger partial charge is 0.349 e. The van der Waals surface area contributed by atoms with Crippen LogP contribution in [-0.2, 0) is 9.59 Å². The SMILES string of the molecule is CCCC(=O)N[C@@H](c1ccc(C)cc1)c1c(OC(=O)COc2ccccc2)ccc2ccccc12. The lowest BCUT2D eigenvalue weighted by atomic mass is 9.92. The average Bonchev–Trinajstić information content (AvgIpc) is 2.87. The molecule has 4 aromatic rings. The van der Waals surface area contributed by atoms with E-state index in [1.807, 2.05) is 86.6 Å². The van der Waals surface area contributed by atoms with Crippen LogP contribution in [0, 0.1) is 6.92 Å². The average molecular weight is 468 g/mol. The van der Waals surface area contributed by atoms with Crippen LogP contribution in [0.5, 0.6) is 11.5 Å². The summed E-state index contributed by atoms with van der Waals surface area (Å²) in [6, 6.07) is 28.2. The first-order valence-corrected chi connectivity index (χ1v) is 11.8. The molecule has 4 rings (SSSR count). The highest BCUT2D eigenvalue weighted by atomic mass is 16.6. The molecule has 0 saturated carbocycles. The van der Waals surface area contributed by atoms with Crippen LogP contribution in [0.4, 0.5) is 0 Å². The molecule has 0 unspecified atom stereocenters. The van der Waals surface area contributed by atoms with E-state index in [9.17, 15) is 9.59 Å². The van der Waals surface area contributed by atoms with E-state index >= 15 is 0 Å². The molecule has 0 fully saturated rings. The molecule has 0 aliphatic rings. The fourth-order valence-corrected chi connectivity index (χ4v) is 4.01. The lowest BCUT2D eigenvalue weighted by Crippen LogP contribution is -2.30. The van der Waals surface area contributed by atoms with E-state index in [1.54, 1.807) is 18.2 Å². The van der Waals surface area contributed by atoms with Crippen molar-refractivity contribution in [3.8, 4) is 11.5 Å². The number of fused-ring (bicyclic) bond motifs is 1. The zero-order chi connectivity index (χ0) is 24.6. The summed E-state index contributed by atoms with van der Waals surface area (Å²) in [4.78, 5) is 25.5. The predicted octanol–water partition coefficient (Wildman–Crippen LogP) is 6.14. The first-order chi connectivity index (χ1) is 17.0. The summed E-state index contributed by atoms with van der Waals surface area (Å²) < 4.78 is 11.4. The van der Waals surface area contributed by atoms with Gasteiger partial charge in [-0.05, 0) is 47.9 Å². The molecule has 35 heavy (non-hydrogen) atoms. The monoisotopic (exact) mass is 467 g/mol. The third kappa shape index (κ3) is 6.07. The first kappa shape index (κ1) is 24.0. The van der Waals surface area contributed by atoms with Gasteiger partial charge in [-0.25, -0.2) is 4.79 Å². The molecule has 0 bridgehead atoms. The lowest BCUT2D eigenvalue weighted by molar-refractivity contribution is -0.136. The van der Waals surface area contributed by atoms with Crippen LogP contribution in [0.2, 0.25) is 0 Å². The minimum Gasteiger partial charge on any atom is -0.482 e. The van der Waals surface area contributed by atoms with Crippen LogP contribution in [0.15, 0.2) is 91.0 Å². The van der Waals surface area contributed by atoms with E-state index in [4.69, 9.17) is 9.47 Å². The third-order valence-corrected chi connectivity index (χ3v) is 5.74. The van der Waals surface area contributed by atoms with Crippen LogP contribution < -0.4 is 14.8 Å². The molecule has 0 saturated heterocycles. The Kier molecular flexibility index (Phi) is 7.78. The van der Waals surface area contributed by atoms with E-state index in [-0.39, 0.29) is 12.5 Å². The molecule has 1 atom stereocenters. The van der Waals surface area contributed by atoms with Gasteiger partial charge in [-0.3, -0.25) is 4.79 Å². The second-order valence-corrected chi connectivity index (χ2v) is 8.44. The molecule has 4 aromatic carbocycles. The summed E-state index contributed by atoms with van der Waals surface area (Å²) >= 11 is 0. The van der Waals surface area contributed by atoms with Gasteiger partial charge < -0.3 is 14.8 Å². The highest BCUT2D eigenvalue weighted by molar-refractivity contribution is 5.90. The van der Waals surface area contributed by atoms with Crippen molar-refractivity contribution in [3.05, 3.63) is 108 Å². The summed E-state index contributed by atoms with van der Waals surface area (Å²) in [5.74, 6) is 0.406. The third-order valence-electron chi connectivity index (χ3n) is 5.74. The molecule has 5 nitrogen and oxygen atoms in total. The van der Waals surface area contributed by atoms with Crippen molar-refractivity contribution < 1.29 is 19.1 Å². The number of carbonyl (C=O) groups is 2. The van der Waals surface area contributed by atoms with E-state index in [0.29, 0.717) is 17.9 Å². The number of benzene rings is 4. The molecule has 0 aromatic heterocycles. The lowest BCUT2D eigenvalue weighted by Gasteiger charge is -2.24. The van der Waals surface area contributed by atoms with Gasteiger partial charge in [0.25, 0.3) is 0 Å². The summed E-state index contributed by atoms with van der Waals surface area (Å²) in [6.07, 6.45) is 1.15. The Hall–Kier alpha value is -4.12. The maximum Gasteiger partial charge on any atom is 0.349 e. The molecule has 0 radical (unpaired) electrons. The number of rotatable bonds is 9. The van der Waals surface area contributed by atoms with Crippen LogP contribution in [-0.4, -0.2) is 18.5 Å². The minimum atomic E-state index is -0.520. The van der Waals surface area contributed by atoms with E-state index in [2.05, 4.69) is 5.32 Å². The Morgan fingerprint density at radius 3 is 2.31 bits per heavy atom. The van der Waals surface area contributed by atoms with Crippen molar-refractivity contribution in [1.29, 1.82) is 0 Å². The highest BCUT2D eigenvalue weighted by Gasteiger charge is 2.24. The van der Waals surface area contributed by atoms with Crippen molar-refractivity contribution in [2.45, 2.75) is 32.7 Å². The highest BCUT2D eigenvalue weighted by Crippen LogP contribution is 2.37. The summed E-state index contributed by atoms with van der Waals surface area (Å²) in [6.45, 7) is 3.76. The van der Waals surface area contributed by atoms with Gasteiger partial charge in [0.1, 0.15) is 11.5 Å². The largest absolute Gasteiger partial charge is 0.482 e. The van der Waals surface area contributed by atoms with Gasteiger partial charge >= 0.3 is 5.97 Å². The zero-order valence-electron chi connectivity index (χ0n) is 20.0. The molecule has 1 N–H and O–H groups in total. The molecule has 178 valence electrons. The molecule has 0 spiro atoms. The van der Waals surface area contributed by atoms with Gasteiger partial charge in [0.05, 0.1) is 6.04 Å². The zero-order valence-corrected chi connectivity index (χ0v) is 20.0. The quantitative estimate of drug-likeness (QED) is 0.237. The fourth-order valence-electron chi connectivity index (χ4n) is 4.01. The molecule has 1 amide bonds. The Morgan fingerprint density at radius 1 is 0.857 bits per heavy atom. The number of hydrogen-bond donors (Lipinski definition) is 1. The molecule has 0 aliphatic heterocycles. The minimum absolute atomic E-state index is 0.0595. The fraction of sp³-hybridized carbons (Fsp3) is 0.200. The van der Waals surface area contributed by atoms with Gasteiger partial charge in [0.15, 0.2) is 6.61 Å². The number of carbonyl (C=O) groups excluding carboxylic acids is 2.